The first-order chi connectivity index (χ1) is 8.08. The molecule has 94 valence electrons. The summed E-state index contributed by atoms with van der Waals surface area (Å²) in [4.78, 5) is 11.7. The van der Waals surface area contributed by atoms with Crippen LogP contribution in [0.3, 0.4) is 0 Å². The monoisotopic (exact) mass is 235 g/mol. The highest BCUT2D eigenvalue weighted by Crippen LogP contribution is 2.18. The minimum atomic E-state index is -0.268. The van der Waals surface area contributed by atoms with Gasteiger partial charge in [-0.15, -0.1) is 0 Å². The van der Waals surface area contributed by atoms with Gasteiger partial charge in [-0.1, -0.05) is 19.1 Å². The second-order valence-corrected chi connectivity index (χ2v) is 4.18. The first kappa shape index (κ1) is 13.6. The van der Waals surface area contributed by atoms with E-state index in [9.17, 15) is 4.79 Å². The van der Waals surface area contributed by atoms with Gasteiger partial charge in [-0.05, 0) is 44.4 Å². The summed E-state index contributed by atoms with van der Waals surface area (Å²) in [5.41, 5.74) is 3.32. The molecule has 0 aliphatic carbocycles. The van der Waals surface area contributed by atoms with Crippen molar-refractivity contribution >= 4 is 11.7 Å². The van der Waals surface area contributed by atoms with Gasteiger partial charge in [0.2, 0.25) is 0 Å². The summed E-state index contributed by atoms with van der Waals surface area (Å²) >= 11 is 0. The quantitative estimate of drug-likeness (QED) is 0.797. The van der Waals surface area contributed by atoms with Gasteiger partial charge in [0.15, 0.2) is 0 Å². The summed E-state index contributed by atoms with van der Waals surface area (Å²) in [5.74, 6) is -0.184. The number of carbonyl (C=O) groups excluding carboxylic acids is 1. The van der Waals surface area contributed by atoms with Gasteiger partial charge in [-0.3, -0.25) is 0 Å². The predicted molar refractivity (Wildman–Crippen MR) is 70.3 cm³/mol. The number of rotatable bonds is 5. The van der Waals surface area contributed by atoms with Crippen molar-refractivity contribution in [1.29, 1.82) is 0 Å². The lowest BCUT2D eigenvalue weighted by atomic mass is 10.1. The molecule has 0 heterocycles. The Bertz CT molecular complexity index is 388. The van der Waals surface area contributed by atoms with E-state index < -0.39 is 0 Å². The molecule has 1 atom stereocenters. The van der Waals surface area contributed by atoms with Crippen LogP contribution in [0, 0.1) is 13.8 Å². The van der Waals surface area contributed by atoms with Gasteiger partial charge in [-0.2, -0.15) is 0 Å². The van der Waals surface area contributed by atoms with Crippen molar-refractivity contribution in [2.45, 2.75) is 40.2 Å². The lowest BCUT2D eigenvalue weighted by molar-refractivity contribution is -0.144. The molecule has 0 aromatic heterocycles. The Kier molecular flexibility index (Phi) is 5.01. The molecule has 0 aliphatic rings. The lowest BCUT2D eigenvalue weighted by Crippen LogP contribution is -2.31. The van der Waals surface area contributed by atoms with Crippen molar-refractivity contribution in [3.05, 3.63) is 29.3 Å². The molecule has 1 aromatic carbocycles. The molecular weight excluding hydrogens is 214 g/mol. The number of carbonyl (C=O) groups is 1. The van der Waals surface area contributed by atoms with Gasteiger partial charge < -0.3 is 10.1 Å². The fraction of sp³-hybridized carbons (Fsp3) is 0.500. The third-order valence-corrected chi connectivity index (χ3v) is 2.70. The van der Waals surface area contributed by atoms with E-state index in [1.54, 1.807) is 0 Å². The Labute approximate surface area is 103 Å². The Morgan fingerprint density at radius 2 is 2.06 bits per heavy atom. The molecule has 0 saturated carbocycles. The number of aryl methyl sites for hydroxylation is 2. The van der Waals surface area contributed by atoms with Gasteiger partial charge in [0.1, 0.15) is 6.04 Å². The van der Waals surface area contributed by atoms with Crippen LogP contribution in [-0.4, -0.2) is 18.6 Å². The number of hydrogen-bond donors (Lipinski definition) is 1. The Morgan fingerprint density at radius 1 is 1.35 bits per heavy atom. The largest absolute Gasteiger partial charge is 0.464 e. The number of benzene rings is 1. The third kappa shape index (κ3) is 3.77. The molecule has 0 radical (unpaired) electrons. The van der Waals surface area contributed by atoms with Crippen molar-refractivity contribution in [1.82, 2.24) is 0 Å². The van der Waals surface area contributed by atoms with E-state index in [1.165, 1.54) is 5.56 Å². The minimum absolute atomic E-state index is 0.184. The maximum absolute atomic E-state index is 11.7. The highest BCUT2D eigenvalue weighted by molar-refractivity contribution is 5.79. The normalized spacial score (nSPS) is 12.0. The second-order valence-electron chi connectivity index (χ2n) is 4.18. The van der Waals surface area contributed by atoms with Gasteiger partial charge in [0.05, 0.1) is 6.61 Å². The molecule has 0 amide bonds. The second kappa shape index (κ2) is 6.28. The summed E-state index contributed by atoms with van der Waals surface area (Å²) in [6.07, 6.45) is 0.714. The number of hydrogen-bond acceptors (Lipinski definition) is 3. The summed E-state index contributed by atoms with van der Waals surface area (Å²) in [6.45, 7) is 8.28. The zero-order chi connectivity index (χ0) is 12.8. The summed E-state index contributed by atoms with van der Waals surface area (Å²) in [6, 6.07) is 5.90. The van der Waals surface area contributed by atoms with E-state index in [4.69, 9.17) is 4.74 Å². The fourth-order valence-electron chi connectivity index (χ4n) is 1.65. The summed E-state index contributed by atoms with van der Waals surface area (Å²) in [7, 11) is 0. The van der Waals surface area contributed by atoms with Gasteiger partial charge in [-0.25, -0.2) is 4.79 Å². The predicted octanol–water partition coefficient (Wildman–Crippen LogP) is 3.06. The van der Waals surface area contributed by atoms with Crippen LogP contribution in [-0.2, 0) is 9.53 Å². The molecule has 1 aromatic rings. The highest BCUT2D eigenvalue weighted by Gasteiger charge is 2.17. The van der Waals surface area contributed by atoms with E-state index in [1.807, 2.05) is 27.7 Å². The molecule has 3 heteroatoms. The van der Waals surface area contributed by atoms with Crippen LogP contribution in [0.25, 0.3) is 0 Å². The van der Waals surface area contributed by atoms with Crippen molar-refractivity contribution in [2.75, 3.05) is 11.9 Å². The molecule has 0 bridgehead atoms. The lowest BCUT2D eigenvalue weighted by Gasteiger charge is -2.18. The van der Waals surface area contributed by atoms with Crippen molar-refractivity contribution in [3.63, 3.8) is 0 Å². The molecular formula is C14H21NO2. The van der Waals surface area contributed by atoms with Crippen molar-refractivity contribution in [3.8, 4) is 0 Å². The minimum Gasteiger partial charge on any atom is -0.464 e. The van der Waals surface area contributed by atoms with Crippen LogP contribution in [0.5, 0.6) is 0 Å². The van der Waals surface area contributed by atoms with Gasteiger partial charge in [0, 0.05) is 5.69 Å². The van der Waals surface area contributed by atoms with Crippen LogP contribution in [0.1, 0.15) is 31.4 Å². The molecule has 1 rings (SSSR count). The van der Waals surface area contributed by atoms with Gasteiger partial charge >= 0.3 is 5.97 Å². The van der Waals surface area contributed by atoms with E-state index in [0.29, 0.717) is 13.0 Å². The molecule has 0 saturated heterocycles. The van der Waals surface area contributed by atoms with Crippen molar-refractivity contribution < 1.29 is 9.53 Å². The standard InChI is InChI=1S/C14H21NO2/c1-5-12(14(16)17-6-2)15-13-9-10(3)7-8-11(13)4/h7-9,12,15H,5-6H2,1-4H3. The van der Waals surface area contributed by atoms with Crippen LogP contribution in [0.2, 0.25) is 0 Å². The number of anilines is 1. The Morgan fingerprint density at radius 3 is 2.65 bits per heavy atom. The molecule has 3 nitrogen and oxygen atoms in total. The third-order valence-electron chi connectivity index (χ3n) is 2.70. The zero-order valence-corrected chi connectivity index (χ0v) is 11.0. The van der Waals surface area contributed by atoms with E-state index in [0.717, 1.165) is 11.3 Å². The van der Waals surface area contributed by atoms with E-state index in [2.05, 4.69) is 23.5 Å². The fourth-order valence-corrected chi connectivity index (χ4v) is 1.65. The SMILES string of the molecule is CCOC(=O)C(CC)Nc1cc(C)ccc1C. The molecule has 1 unspecified atom stereocenters. The number of esters is 1. The summed E-state index contributed by atoms with van der Waals surface area (Å²) < 4.78 is 5.04. The highest BCUT2D eigenvalue weighted by atomic mass is 16.5. The van der Waals surface area contributed by atoms with Crippen molar-refractivity contribution in [2.24, 2.45) is 0 Å². The van der Waals surface area contributed by atoms with Gasteiger partial charge in [0.25, 0.3) is 0 Å². The Balaban J connectivity index is 2.80. The van der Waals surface area contributed by atoms with Crippen LogP contribution < -0.4 is 5.32 Å². The maximum Gasteiger partial charge on any atom is 0.328 e. The smallest absolute Gasteiger partial charge is 0.328 e. The van der Waals surface area contributed by atoms with Crippen LogP contribution in [0.15, 0.2) is 18.2 Å². The summed E-state index contributed by atoms with van der Waals surface area (Å²) in [5, 5.41) is 3.25. The zero-order valence-electron chi connectivity index (χ0n) is 11.0. The van der Waals surface area contributed by atoms with Crippen LogP contribution >= 0.6 is 0 Å². The number of nitrogens with one attached hydrogen (secondary N) is 1. The maximum atomic E-state index is 11.7. The molecule has 17 heavy (non-hydrogen) atoms. The van der Waals surface area contributed by atoms with Crippen LogP contribution in [0.4, 0.5) is 5.69 Å². The van der Waals surface area contributed by atoms with E-state index in [-0.39, 0.29) is 12.0 Å². The molecule has 1 N–H and O–H groups in total. The molecule has 0 spiro atoms. The molecule has 0 aliphatic heterocycles. The average Bonchev–Trinajstić information content (AvgIpc) is 2.30. The first-order valence-corrected chi connectivity index (χ1v) is 6.08. The number of ether oxygens (including phenoxy) is 1. The Hall–Kier alpha value is -1.51. The molecule has 0 fully saturated rings. The topological polar surface area (TPSA) is 38.3 Å². The first-order valence-electron chi connectivity index (χ1n) is 6.08. The van der Waals surface area contributed by atoms with E-state index >= 15 is 0 Å². The average molecular weight is 235 g/mol.